The molecule has 0 saturated heterocycles. The van der Waals surface area contributed by atoms with Crippen LogP contribution in [0.15, 0.2) is 24.3 Å². The van der Waals surface area contributed by atoms with Crippen LogP contribution in [0.3, 0.4) is 0 Å². The van der Waals surface area contributed by atoms with Crippen molar-refractivity contribution in [2.75, 3.05) is 17.0 Å². The molecule has 0 fully saturated rings. The molecule has 0 unspecified atom stereocenters. The van der Waals surface area contributed by atoms with Crippen LogP contribution in [-0.2, 0) is 16.6 Å². The Labute approximate surface area is 95.3 Å². The number of benzene rings is 1. The van der Waals surface area contributed by atoms with E-state index in [1.165, 1.54) is 0 Å². The number of aliphatic hydroxyl groups excluding tert-OH is 1. The van der Waals surface area contributed by atoms with Gasteiger partial charge in [0.1, 0.15) is 0 Å². The molecule has 0 saturated carbocycles. The third kappa shape index (κ3) is 4.18. The quantitative estimate of drug-likeness (QED) is 0.669. The zero-order valence-electron chi connectivity index (χ0n) is 8.89. The molecule has 0 aliphatic heterocycles. The Morgan fingerprint density at radius 3 is 2.38 bits per heavy atom. The van der Waals surface area contributed by atoms with Crippen molar-refractivity contribution in [1.82, 2.24) is 0 Å². The number of rotatable bonds is 6. The lowest BCUT2D eigenvalue weighted by molar-refractivity contribution is 0.282. The van der Waals surface area contributed by atoms with Crippen LogP contribution in [0.4, 0.5) is 5.69 Å². The van der Waals surface area contributed by atoms with Crippen molar-refractivity contribution in [3.63, 3.8) is 0 Å². The predicted molar refractivity (Wildman–Crippen MR) is 63.4 cm³/mol. The fraction of sp³-hybridized carbons (Fsp3) is 0.400. The normalized spacial score (nSPS) is 11.4. The standard InChI is InChI=1S/C10H16N2O3S/c11-6-1-7-16(14,15)12-10-4-2-9(8-13)3-5-10/h2-5,12-13H,1,6-8,11H2. The molecular weight excluding hydrogens is 228 g/mol. The molecule has 5 nitrogen and oxygen atoms in total. The SMILES string of the molecule is NCCCS(=O)(=O)Nc1ccc(CO)cc1. The molecule has 0 bridgehead atoms. The molecule has 16 heavy (non-hydrogen) atoms. The summed E-state index contributed by atoms with van der Waals surface area (Å²) in [6, 6.07) is 6.57. The molecule has 1 aromatic rings. The Bertz CT molecular complexity index is 414. The molecular formula is C10H16N2O3S. The summed E-state index contributed by atoms with van der Waals surface area (Å²) < 4.78 is 25.4. The highest BCUT2D eigenvalue weighted by Crippen LogP contribution is 2.11. The number of sulfonamides is 1. The monoisotopic (exact) mass is 244 g/mol. The van der Waals surface area contributed by atoms with Crippen LogP contribution >= 0.6 is 0 Å². The number of nitrogens with one attached hydrogen (secondary N) is 1. The van der Waals surface area contributed by atoms with Crippen molar-refractivity contribution in [1.29, 1.82) is 0 Å². The second-order valence-electron chi connectivity index (χ2n) is 3.42. The summed E-state index contributed by atoms with van der Waals surface area (Å²) in [5.41, 5.74) is 6.48. The maximum Gasteiger partial charge on any atom is 0.232 e. The molecule has 0 aliphatic carbocycles. The van der Waals surface area contributed by atoms with E-state index in [1.807, 2.05) is 0 Å². The summed E-state index contributed by atoms with van der Waals surface area (Å²) in [5.74, 6) is 0.0191. The van der Waals surface area contributed by atoms with Gasteiger partial charge in [0, 0.05) is 5.69 Å². The van der Waals surface area contributed by atoms with Gasteiger partial charge in [0.25, 0.3) is 0 Å². The van der Waals surface area contributed by atoms with Gasteiger partial charge < -0.3 is 10.8 Å². The van der Waals surface area contributed by atoms with Crippen molar-refractivity contribution in [3.05, 3.63) is 29.8 Å². The highest BCUT2D eigenvalue weighted by Gasteiger charge is 2.08. The second-order valence-corrected chi connectivity index (χ2v) is 5.26. The molecule has 4 N–H and O–H groups in total. The lowest BCUT2D eigenvalue weighted by Crippen LogP contribution is -2.18. The first-order chi connectivity index (χ1) is 7.57. The van der Waals surface area contributed by atoms with Crippen LogP contribution in [0.25, 0.3) is 0 Å². The van der Waals surface area contributed by atoms with Crippen LogP contribution in [0, 0.1) is 0 Å². The van der Waals surface area contributed by atoms with Gasteiger partial charge in [-0.3, -0.25) is 4.72 Å². The van der Waals surface area contributed by atoms with Crippen molar-refractivity contribution in [2.24, 2.45) is 5.73 Å². The Balaban J connectivity index is 2.65. The minimum absolute atomic E-state index is 0.0191. The van der Waals surface area contributed by atoms with E-state index in [4.69, 9.17) is 10.8 Å². The topological polar surface area (TPSA) is 92.4 Å². The molecule has 90 valence electrons. The van der Waals surface area contributed by atoms with Gasteiger partial charge in [-0.1, -0.05) is 12.1 Å². The first kappa shape index (κ1) is 13.0. The molecule has 0 radical (unpaired) electrons. The van der Waals surface area contributed by atoms with Crippen LogP contribution in [0.1, 0.15) is 12.0 Å². The number of hydrogen-bond donors (Lipinski definition) is 3. The van der Waals surface area contributed by atoms with Crippen LogP contribution in [0.2, 0.25) is 0 Å². The number of hydrogen-bond acceptors (Lipinski definition) is 4. The van der Waals surface area contributed by atoms with Crippen LogP contribution < -0.4 is 10.5 Å². The first-order valence-corrected chi connectivity index (χ1v) is 6.63. The average molecular weight is 244 g/mol. The molecule has 1 aromatic carbocycles. The van der Waals surface area contributed by atoms with E-state index in [0.717, 1.165) is 5.56 Å². The average Bonchev–Trinajstić information content (AvgIpc) is 2.27. The first-order valence-electron chi connectivity index (χ1n) is 4.98. The lowest BCUT2D eigenvalue weighted by Gasteiger charge is -2.07. The minimum Gasteiger partial charge on any atom is -0.392 e. The number of aliphatic hydroxyl groups is 1. The molecule has 0 aliphatic rings. The van der Waals surface area contributed by atoms with E-state index in [1.54, 1.807) is 24.3 Å². The van der Waals surface area contributed by atoms with Gasteiger partial charge in [0.2, 0.25) is 10.0 Å². The van der Waals surface area contributed by atoms with Gasteiger partial charge in [-0.05, 0) is 30.7 Å². The zero-order valence-corrected chi connectivity index (χ0v) is 9.70. The molecule has 0 aromatic heterocycles. The van der Waals surface area contributed by atoms with Gasteiger partial charge >= 0.3 is 0 Å². The van der Waals surface area contributed by atoms with Crippen molar-refractivity contribution >= 4 is 15.7 Å². The van der Waals surface area contributed by atoms with Gasteiger partial charge in [0.15, 0.2) is 0 Å². The largest absolute Gasteiger partial charge is 0.392 e. The predicted octanol–water partition coefficient (Wildman–Crippen LogP) is 0.269. The Morgan fingerprint density at radius 1 is 1.25 bits per heavy atom. The Hall–Kier alpha value is -1.11. The summed E-state index contributed by atoms with van der Waals surface area (Å²) in [7, 11) is -3.31. The number of nitrogens with two attached hydrogens (primary N) is 1. The van der Waals surface area contributed by atoms with Crippen molar-refractivity contribution in [2.45, 2.75) is 13.0 Å². The molecule has 1 rings (SSSR count). The Morgan fingerprint density at radius 2 is 1.88 bits per heavy atom. The van der Waals surface area contributed by atoms with Crippen molar-refractivity contribution in [3.8, 4) is 0 Å². The van der Waals surface area contributed by atoms with E-state index < -0.39 is 10.0 Å². The highest BCUT2D eigenvalue weighted by molar-refractivity contribution is 7.92. The fourth-order valence-corrected chi connectivity index (χ4v) is 2.33. The van der Waals surface area contributed by atoms with E-state index in [9.17, 15) is 8.42 Å². The molecule has 6 heteroatoms. The van der Waals surface area contributed by atoms with Crippen molar-refractivity contribution < 1.29 is 13.5 Å². The van der Waals surface area contributed by atoms with E-state index >= 15 is 0 Å². The molecule has 0 amide bonds. The van der Waals surface area contributed by atoms with E-state index in [-0.39, 0.29) is 12.4 Å². The maximum absolute atomic E-state index is 11.5. The van der Waals surface area contributed by atoms with E-state index in [2.05, 4.69) is 4.72 Å². The van der Waals surface area contributed by atoms with E-state index in [0.29, 0.717) is 18.7 Å². The van der Waals surface area contributed by atoms with Crippen LogP contribution in [0.5, 0.6) is 0 Å². The van der Waals surface area contributed by atoms with Gasteiger partial charge in [-0.2, -0.15) is 0 Å². The molecule has 0 heterocycles. The summed E-state index contributed by atoms with van der Waals surface area (Å²) in [6.07, 6.45) is 0.435. The van der Waals surface area contributed by atoms with Gasteiger partial charge in [-0.25, -0.2) is 8.42 Å². The number of anilines is 1. The second kappa shape index (κ2) is 5.83. The zero-order chi connectivity index (χ0) is 12.0. The summed E-state index contributed by atoms with van der Waals surface area (Å²) in [4.78, 5) is 0. The maximum atomic E-state index is 11.5. The fourth-order valence-electron chi connectivity index (χ4n) is 1.18. The molecule has 0 atom stereocenters. The van der Waals surface area contributed by atoms with Gasteiger partial charge in [-0.15, -0.1) is 0 Å². The summed E-state index contributed by atoms with van der Waals surface area (Å²) in [5, 5.41) is 8.82. The lowest BCUT2D eigenvalue weighted by atomic mass is 10.2. The minimum atomic E-state index is -3.31. The highest BCUT2D eigenvalue weighted by atomic mass is 32.2. The van der Waals surface area contributed by atoms with Crippen LogP contribution in [-0.4, -0.2) is 25.8 Å². The van der Waals surface area contributed by atoms with Gasteiger partial charge in [0.05, 0.1) is 12.4 Å². The molecule has 0 spiro atoms. The summed E-state index contributed by atoms with van der Waals surface area (Å²) >= 11 is 0. The third-order valence-electron chi connectivity index (χ3n) is 2.03. The Kier molecular flexibility index (Phi) is 4.72. The third-order valence-corrected chi connectivity index (χ3v) is 3.40. The summed E-state index contributed by atoms with van der Waals surface area (Å²) in [6.45, 7) is 0.296. The smallest absolute Gasteiger partial charge is 0.232 e.